The summed E-state index contributed by atoms with van der Waals surface area (Å²) in [4.78, 5) is 22.9. The minimum absolute atomic E-state index is 0.290. The number of carbonyl (C=O) groups is 1. The fourth-order valence-corrected chi connectivity index (χ4v) is 3.86. The van der Waals surface area contributed by atoms with Gasteiger partial charge in [0.05, 0.1) is 36.7 Å². The van der Waals surface area contributed by atoms with E-state index in [1.807, 2.05) is 36.4 Å². The molecule has 0 spiro atoms. The largest absolute Gasteiger partial charge is 0.493 e. The summed E-state index contributed by atoms with van der Waals surface area (Å²) < 4.78 is 11.3. The second-order valence-corrected chi connectivity index (χ2v) is 8.38. The van der Waals surface area contributed by atoms with Gasteiger partial charge in [0, 0.05) is 42.6 Å². The fraction of sp³-hybridized carbons (Fsp3) is 0.269. The van der Waals surface area contributed by atoms with Crippen molar-refractivity contribution in [3.05, 3.63) is 72.4 Å². The molecule has 1 aliphatic rings. The molecular weight excluding hydrogens is 466 g/mol. The highest BCUT2D eigenvalue weighted by Crippen LogP contribution is 2.29. The van der Waals surface area contributed by atoms with Crippen LogP contribution in [0.3, 0.4) is 0 Å². The van der Waals surface area contributed by atoms with Crippen LogP contribution in [0, 0.1) is 0 Å². The first-order valence-electron chi connectivity index (χ1n) is 11.5. The molecule has 0 unspecified atom stereocenters. The number of carbonyl (C=O) groups excluding carboxylic acids is 1. The SMILES string of the molecule is C=CC(=O)Nc1cccc(-c2nc(Nc3cccc(OCCCN4CCOCC4)c3)ncc2Cl)c1. The molecule has 9 heteroatoms. The van der Waals surface area contributed by atoms with Gasteiger partial charge in [-0.05, 0) is 36.8 Å². The molecule has 0 saturated carbocycles. The Bertz CT molecular complexity index is 1170. The molecule has 1 fully saturated rings. The summed E-state index contributed by atoms with van der Waals surface area (Å²) in [5.74, 6) is 0.882. The molecule has 2 aromatic carbocycles. The van der Waals surface area contributed by atoms with Gasteiger partial charge in [0.1, 0.15) is 5.75 Å². The minimum Gasteiger partial charge on any atom is -0.493 e. The third-order valence-corrected chi connectivity index (χ3v) is 5.69. The Balaban J connectivity index is 1.39. The van der Waals surface area contributed by atoms with Gasteiger partial charge in [-0.15, -0.1) is 0 Å². The van der Waals surface area contributed by atoms with Crippen LogP contribution in [0.4, 0.5) is 17.3 Å². The van der Waals surface area contributed by atoms with Crippen LogP contribution in [0.15, 0.2) is 67.4 Å². The van der Waals surface area contributed by atoms with Crippen LogP contribution in [-0.2, 0) is 9.53 Å². The Hall–Kier alpha value is -3.46. The first-order chi connectivity index (χ1) is 17.1. The first kappa shape index (κ1) is 24.7. The minimum atomic E-state index is -0.290. The molecule has 1 aromatic heterocycles. The lowest BCUT2D eigenvalue weighted by molar-refractivity contribution is -0.111. The zero-order chi connectivity index (χ0) is 24.5. The van der Waals surface area contributed by atoms with Crippen molar-refractivity contribution in [2.75, 3.05) is 50.1 Å². The summed E-state index contributed by atoms with van der Waals surface area (Å²) in [5, 5.41) is 6.36. The van der Waals surface area contributed by atoms with Gasteiger partial charge in [-0.3, -0.25) is 9.69 Å². The van der Waals surface area contributed by atoms with E-state index in [9.17, 15) is 4.79 Å². The summed E-state index contributed by atoms with van der Waals surface area (Å²) >= 11 is 6.38. The van der Waals surface area contributed by atoms with Crippen molar-refractivity contribution in [3.63, 3.8) is 0 Å². The monoisotopic (exact) mass is 493 g/mol. The zero-order valence-electron chi connectivity index (χ0n) is 19.4. The number of anilines is 3. The Morgan fingerprint density at radius 3 is 2.80 bits per heavy atom. The molecule has 1 aliphatic heterocycles. The van der Waals surface area contributed by atoms with Gasteiger partial charge >= 0.3 is 0 Å². The van der Waals surface area contributed by atoms with Crippen molar-refractivity contribution in [1.82, 2.24) is 14.9 Å². The first-order valence-corrected chi connectivity index (χ1v) is 11.8. The predicted octanol–water partition coefficient (Wildman–Crippen LogP) is 4.77. The van der Waals surface area contributed by atoms with Crippen LogP contribution in [-0.4, -0.2) is 60.2 Å². The molecule has 182 valence electrons. The fourth-order valence-electron chi connectivity index (χ4n) is 3.66. The molecule has 1 amide bonds. The van der Waals surface area contributed by atoms with Crippen LogP contribution in [0.1, 0.15) is 6.42 Å². The third-order valence-electron chi connectivity index (χ3n) is 5.41. The quantitative estimate of drug-likeness (QED) is 0.311. The van der Waals surface area contributed by atoms with Crippen LogP contribution >= 0.6 is 11.6 Å². The van der Waals surface area contributed by atoms with E-state index in [-0.39, 0.29) is 5.91 Å². The summed E-state index contributed by atoms with van der Waals surface area (Å²) in [6, 6.07) is 14.9. The van der Waals surface area contributed by atoms with Gasteiger partial charge in [0.25, 0.3) is 0 Å². The average Bonchev–Trinajstić information content (AvgIpc) is 2.89. The second-order valence-electron chi connectivity index (χ2n) is 7.97. The highest BCUT2D eigenvalue weighted by Gasteiger charge is 2.11. The van der Waals surface area contributed by atoms with E-state index in [4.69, 9.17) is 21.1 Å². The van der Waals surface area contributed by atoms with Crippen LogP contribution in [0.2, 0.25) is 5.02 Å². The zero-order valence-corrected chi connectivity index (χ0v) is 20.1. The van der Waals surface area contributed by atoms with Crippen molar-refractivity contribution in [2.24, 2.45) is 0 Å². The highest BCUT2D eigenvalue weighted by molar-refractivity contribution is 6.33. The number of rotatable bonds is 10. The number of hydrogen-bond acceptors (Lipinski definition) is 7. The van der Waals surface area contributed by atoms with E-state index in [2.05, 4.69) is 32.1 Å². The molecule has 0 radical (unpaired) electrons. The van der Waals surface area contributed by atoms with Gasteiger partial charge < -0.3 is 20.1 Å². The average molecular weight is 494 g/mol. The molecule has 0 atom stereocenters. The topological polar surface area (TPSA) is 88.6 Å². The molecule has 3 aromatic rings. The number of nitrogens with one attached hydrogen (secondary N) is 2. The molecule has 2 N–H and O–H groups in total. The molecule has 0 aliphatic carbocycles. The molecule has 2 heterocycles. The van der Waals surface area contributed by atoms with Gasteiger partial charge in [-0.2, -0.15) is 0 Å². The summed E-state index contributed by atoms with van der Waals surface area (Å²) in [6.45, 7) is 8.69. The number of nitrogens with zero attached hydrogens (tertiary/aromatic N) is 3. The number of ether oxygens (including phenoxy) is 2. The van der Waals surface area contributed by atoms with Gasteiger partial charge in [0.2, 0.25) is 11.9 Å². The maximum Gasteiger partial charge on any atom is 0.247 e. The van der Waals surface area contributed by atoms with Crippen molar-refractivity contribution in [2.45, 2.75) is 6.42 Å². The Kier molecular flexibility index (Phi) is 8.67. The van der Waals surface area contributed by atoms with E-state index < -0.39 is 0 Å². The van der Waals surface area contributed by atoms with E-state index in [1.165, 1.54) is 6.08 Å². The van der Waals surface area contributed by atoms with Crippen molar-refractivity contribution < 1.29 is 14.3 Å². The van der Waals surface area contributed by atoms with Gasteiger partial charge in [-0.1, -0.05) is 36.4 Å². The Morgan fingerprint density at radius 1 is 1.17 bits per heavy atom. The number of amides is 1. The van der Waals surface area contributed by atoms with E-state index in [0.717, 1.165) is 56.3 Å². The summed E-state index contributed by atoms with van der Waals surface area (Å²) in [5.41, 5.74) is 2.72. The van der Waals surface area contributed by atoms with Gasteiger partial charge in [-0.25, -0.2) is 9.97 Å². The van der Waals surface area contributed by atoms with E-state index in [1.54, 1.807) is 18.3 Å². The smallest absolute Gasteiger partial charge is 0.247 e. The molecule has 35 heavy (non-hydrogen) atoms. The van der Waals surface area contributed by atoms with Crippen LogP contribution in [0.25, 0.3) is 11.3 Å². The Labute approximate surface area is 209 Å². The van der Waals surface area contributed by atoms with E-state index >= 15 is 0 Å². The van der Waals surface area contributed by atoms with Crippen molar-refractivity contribution in [1.29, 1.82) is 0 Å². The maximum absolute atomic E-state index is 11.6. The molecular formula is C26H28ClN5O3. The standard InChI is InChI=1S/C26H28ClN5O3/c1-2-24(33)29-20-7-3-6-19(16-20)25-23(27)18-28-26(31-25)30-21-8-4-9-22(17-21)35-13-5-10-32-11-14-34-15-12-32/h2-4,6-9,16-18H,1,5,10-15H2,(H,29,33)(H,28,30,31). The number of morpholine rings is 1. The third kappa shape index (κ3) is 7.26. The van der Waals surface area contributed by atoms with Crippen molar-refractivity contribution >= 4 is 34.8 Å². The maximum atomic E-state index is 11.6. The molecule has 8 nitrogen and oxygen atoms in total. The van der Waals surface area contributed by atoms with E-state index in [0.29, 0.717) is 29.0 Å². The van der Waals surface area contributed by atoms with Crippen molar-refractivity contribution in [3.8, 4) is 17.0 Å². The number of hydrogen-bond donors (Lipinski definition) is 2. The number of aromatic nitrogens is 2. The number of benzene rings is 2. The predicted molar refractivity (Wildman–Crippen MR) is 138 cm³/mol. The molecule has 0 bridgehead atoms. The molecule has 4 rings (SSSR count). The molecule has 1 saturated heterocycles. The normalized spacial score (nSPS) is 13.7. The lowest BCUT2D eigenvalue weighted by Gasteiger charge is -2.26. The van der Waals surface area contributed by atoms with Gasteiger partial charge in [0.15, 0.2) is 0 Å². The summed E-state index contributed by atoms with van der Waals surface area (Å²) in [6.07, 6.45) is 3.72. The lowest BCUT2D eigenvalue weighted by atomic mass is 10.1. The highest BCUT2D eigenvalue weighted by atomic mass is 35.5. The van der Waals surface area contributed by atoms with Crippen LogP contribution < -0.4 is 15.4 Å². The second kappa shape index (κ2) is 12.3. The Morgan fingerprint density at radius 2 is 1.97 bits per heavy atom. The van der Waals surface area contributed by atoms with Crippen LogP contribution in [0.5, 0.6) is 5.75 Å². The lowest BCUT2D eigenvalue weighted by Crippen LogP contribution is -2.37. The summed E-state index contributed by atoms with van der Waals surface area (Å²) in [7, 11) is 0. The number of halogens is 1.